The van der Waals surface area contributed by atoms with Gasteiger partial charge in [0.05, 0.1) is 11.7 Å². The summed E-state index contributed by atoms with van der Waals surface area (Å²) in [6.45, 7) is 4.90. The van der Waals surface area contributed by atoms with E-state index in [0.717, 1.165) is 0 Å². The van der Waals surface area contributed by atoms with Gasteiger partial charge in [0.2, 0.25) is 0 Å². The van der Waals surface area contributed by atoms with Gasteiger partial charge in [0, 0.05) is 6.42 Å². The molecule has 0 aliphatic carbocycles. The topological polar surface area (TPSA) is 76.7 Å². The third-order valence-electron chi connectivity index (χ3n) is 3.46. The van der Waals surface area contributed by atoms with E-state index in [2.05, 4.69) is 5.32 Å². The van der Waals surface area contributed by atoms with Gasteiger partial charge in [-0.1, -0.05) is 12.1 Å². The molecule has 0 bridgehead atoms. The Morgan fingerprint density at radius 1 is 1.31 bits per heavy atom. The molecule has 1 aliphatic rings. The third-order valence-corrected chi connectivity index (χ3v) is 3.46. The monoisotopic (exact) mass is 374 g/mol. The van der Waals surface area contributed by atoms with E-state index in [1.165, 1.54) is 0 Å². The average Bonchev–Trinajstić information content (AvgIpc) is 2.51. The zero-order valence-corrected chi connectivity index (χ0v) is 14.6. The van der Waals surface area contributed by atoms with Crippen LogP contribution in [0.25, 0.3) is 0 Å². The van der Waals surface area contributed by atoms with Gasteiger partial charge in [-0.2, -0.15) is 13.2 Å². The second-order valence-electron chi connectivity index (χ2n) is 6.94. The summed E-state index contributed by atoms with van der Waals surface area (Å²) in [5, 5.41) is 4.81. The maximum absolute atomic E-state index is 12.6. The average molecular weight is 374 g/mol. The second kappa shape index (κ2) is 7.43. The summed E-state index contributed by atoms with van der Waals surface area (Å²) in [4.78, 5) is 23.6. The fourth-order valence-electron chi connectivity index (χ4n) is 2.40. The summed E-state index contributed by atoms with van der Waals surface area (Å²) in [6.07, 6.45) is -5.21. The minimum absolute atomic E-state index is 0.120. The second-order valence-corrected chi connectivity index (χ2v) is 6.94. The summed E-state index contributed by atoms with van der Waals surface area (Å²) in [6, 6.07) is 5.11. The van der Waals surface area contributed by atoms with E-state index in [4.69, 9.17) is 9.47 Å². The number of halogens is 3. The number of ether oxygens (including phenoxy) is 2. The molecule has 1 aromatic carbocycles. The normalized spacial score (nSPS) is 18.0. The molecule has 26 heavy (non-hydrogen) atoms. The van der Waals surface area contributed by atoms with Crippen molar-refractivity contribution in [2.75, 3.05) is 11.9 Å². The quantitative estimate of drug-likeness (QED) is 0.793. The predicted molar refractivity (Wildman–Crippen MR) is 87.8 cm³/mol. The van der Waals surface area contributed by atoms with E-state index in [9.17, 15) is 22.8 Å². The Labute approximate surface area is 149 Å². The first-order chi connectivity index (χ1) is 12.0. The van der Waals surface area contributed by atoms with Crippen LogP contribution in [0, 0.1) is 0 Å². The minimum atomic E-state index is -5.09. The standard InChI is InChI=1S/C17H21F3N2O4/c1-16(2,3)26-14(23)12(22-15(24)17(18,19)20)8-10-9-25-13-7-5-4-6-11(13)21-10/h4-7,10,12,21H,8-9H2,1-3H3,(H,22,24). The first-order valence-corrected chi connectivity index (χ1v) is 8.04. The van der Waals surface area contributed by atoms with Crippen molar-refractivity contribution in [3.05, 3.63) is 24.3 Å². The zero-order valence-electron chi connectivity index (χ0n) is 14.6. The lowest BCUT2D eigenvalue weighted by atomic mass is 10.0. The highest BCUT2D eigenvalue weighted by atomic mass is 19.4. The molecular weight excluding hydrogens is 353 g/mol. The number of hydrogen-bond acceptors (Lipinski definition) is 5. The molecular formula is C17H21F3N2O4. The summed E-state index contributed by atoms with van der Waals surface area (Å²) in [5.41, 5.74) is -0.240. The highest BCUT2D eigenvalue weighted by Crippen LogP contribution is 2.29. The molecule has 0 aromatic heterocycles. The number of anilines is 1. The van der Waals surface area contributed by atoms with Crippen molar-refractivity contribution in [3.63, 3.8) is 0 Å². The van der Waals surface area contributed by atoms with E-state index in [-0.39, 0.29) is 13.0 Å². The highest BCUT2D eigenvalue weighted by molar-refractivity contribution is 5.87. The lowest BCUT2D eigenvalue weighted by Crippen LogP contribution is -2.51. The van der Waals surface area contributed by atoms with Crippen molar-refractivity contribution < 1.29 is 32.2 Å². The number of benzene rings is 1. The molecule has 0 saturated carbocycles. The minimum Gasteiger partial charge on any atom is -0.489 e. The third kappa shape index (κ3) is 5.53. The van der Waals surface area contributed by atoms with Crippen LogP contribution in [0.3, 0.4) is 0 Å². The Kier molecular flexibility index (Phi) is 5.68. The molecule has 2 rings (SSSR count). The molecule has 0 radical (unpaired) electrons. The summed E-state index contributed by atoms with van der Waals surface area (Å²) in [7, 11) is 0. The Hall–Kier alpha value is -2.45. The number of esters is 1. The number of nitrogens with one attached hydrogen (secondary N) is 2. The van der Waals surface area contributed by atoms with Crippen LogP contribution >= 0.6 is 0 Å². The van der Waals surface area contributed by atoms with Crippen LogP contribution in [0.1, 0.15) is 27.2 Å². The lowest BCUT2D eigenvalue weighted by molar-refractivity contribution is -0.177. The maximum Gasteiger partial charge on any atom is 0.471 e. The number of para-hydroxylation sites is 2. The smallest absolute Gasteiger partial charge is 0.471 e. The van der Waals surface area contributed by atoms with Gasteiger partial charge in [0.1, 0.15) is 24.0 Å². The van der Waals surface area contributed by atoms with Crippen molar-refractivity contribution in [2.24, 2.45) is 0 Å². The van der Waals surface area contributed by atoms with Gasteiger partial charge in [-0.05, 0) is 32.9 Å². The molecule has 2 unspecified atom stereocenters. The summed E-state index contributed by atoms with van der Waals surface area (Å²) >= 11 is 0. The van der Waals surface area contributed by atoms with Gasteiger partial charge in [-0.25, -0.2) is 4.79 Å². The fourth-order valence-corrected chi connectivity index (χ4v) is 2.40. The van der Waals surface area contributed by atoms with Gasteiger partial charge in [0.25, 0.3) is 0 Å². The van der Waals surface area contributed by atoms with Gasteiger partial charge >= 0.3 is 18.1 Å². The largest absolute Gasteiger partial charge is 0.489 e. The first kappa shape index (κ1) is 19.9. The number of rotatable bonds is 4. The number of carbonyl (C=O) groups excluding carboxylic acids is 2. The molecule has 9 heteroatoms. The van der Waals surface area contributed by atoms with Gasteiger partial charge in [-0.15, -0.1) is 0 Å². The van der Waals surface area contributed by atoms with Crippen LogP contribution in [0.4, 0.5) is 18.9 Å². The van der Waals surface area contributed by atoms with Crippen LogP contribution in [0.15, 0.2) is 24.3 Å². The molecule has 0 fully saturated rings. The Morgan fingerprint density at radius 2 is 1.96 bits per heavy atom. The molecule has 0 saturated heterocycles. The number of amides is 1. The number of alkyl halides is 3. The molecule has 1 heterocycles. The lowest BCUT2D eigenvalue weighted by Gasteiger charge is -2.31. The zero-order chi connectivity index (χ0) is 19.5. The van der Waals surface area contributed by atoms with Gasteiger partial charge in [-0.3, -0.25) is 4.79 Å². The molecule has 1 aromatic rings. The summed E-state index contributed by atoms with van der Waals surface area (Å²) in [5.74, 6) is -2.52. The molecule has 2 atom stereocenters. The van der Waals surface area contributed by atoms with Crippen molar-refractivity contribution in [3.8, 4) is 5.75 Å². The van der Waals surface area contributed by atoms with Crippen molar-refractivity contribution in [1.29, 1.82) is 0 Å². The van der Waals surface area contributed by atoms with Crippen molar-refractivity contribution in [2.45, 2.75) is 51.1 Å². The van der Waals surface area contributed by atoms with E-state index < -0.39 is 35.7 Å². The molecule has 1 amide bonds. The molecule has 0 spiro atoms. The molecule has 2 N–H and O–H groups in total. The van der Waals surface area contributed by atoms with E-state index in [1.54, 1.807) is 50.4 Å². The van der Waals surface area contributed by atoms with Crippen LogP contribution < -0.4 is 15.4 Å². The predicted octanol–water partition coefficient (Wildman–Crippen LogP) is 2.64. The Morgan fingerprint density at radius 3 is 2.58 bits per heavy atom. The SMILES string of the molecule is CC(C)(C)OC(=O)C(CC1COc2ccccc2N1)NC(=O)C(F)(F)F. The number of carbonyl (C=O) groups is 2. The summed E-state index contributed by atoms with van der Waals surface area (Å²) < 4.78 is 48.4. The van der Waals surface area contributed by atoms with Crippen LogP contribution in [0.2, 0.25) is 0 Å². The number of fused-ring (bicyclic) bond motifs is 1. The van der Waals surface area contributed by atoms with Crippen LogP contribution in [0.5, 0.6) is 5.75 Å². The molecule has 6 nitrogen and oxygen atoms in total. The molecule has 1 aliphatic heterocycles. The fraction of sp³-hybridized carbons (Fsp3) is 0.529. The van der Waals surface area contributed by atoms with Gasteiger partial charge < -0.3 is 20.1 Å². The van der Waals surface area contributed by atoms with E-state index in [0.29, 0.717) is 11.4 Å². The van der Waals surface area contributed by atoms with Crippen LogP contribution in [-0.2, 0) is 14.3 Å². The van der Waals surface area contributed by atoms with Crippen molar-refractivity contribution in [1.82, 2.24) is 5.32 Å². The molecule has 144 valence electrons. The van der Waals surface area contributed by atoms with Gasteiger partial charge in [0.15, 0.2) is 0 Å². The van der Waals surface area contributed by atoms with Crippen molar-refractivity contribution >= 4 is 17.6 Å². The number of hydrogen-bond donors (Lipinski definition) is 2. The Bertz CT molecular complexity index is 671. The Balaban J connectivity index is 2.11. The van der Waals surface area contributed by atoms with E-state index in [1.807, 2.05) is 0 Å². The maximum atomic E-state index is 12.6. The van der Waals surface area contributed by atoms with E-state index >= 15 is 0 Å². The first-order valence-electron chi connectivity index (χ1n) is 8.04. The highest BCUT2D eigenvalue weighted by Gasteiger charge is 2.42. The van der Waals surface area contributed by atoms with Crippen LogP contribution in [-0.4, -0.2) is 42.3 Å².